The van der Waals surface area contributed by atoms with Gasteiger partial charge in [0.25, 0.3) is 0 Å². The zero-order valence-corrected chi connectivity index (χ0v) is 47.0. The number of esters is 1. The van der Waals surface area contributed by atoms with Crippen LogP contribution >= 0.6 is 7.82 Å². The second-order valence-corrected chi connectivity index (χ2v) is 22.2. The van der Waals surface area contributed by atoms with Gasteiger partial charge < -0.3 is 19.4 Å². The number of phosphoric ester groups is 1. The fourth-order valence-corrected chi connectivity index (χ4v) is 9.00. The summed E-state index contributed by atoms with van der Waals surface area (Å²) in [5.41, 5.74) is 0. The van der Waals surface area contributed by atoms with Gasteiger partial charge in [-0.1, -0.05) is 217 Å². The normalized spacial score (nSPS) is 14.1. The Morgan fingerprint density at radius 1 is 0.522 bits per heavy atom. The molecule has 0 aromatic carbocycles. The van der Waals surface area contributed by atoms with E-state index >= 15 is 0 Å². The average Bonchev–Trinajstić information content (AvgIpc) is 3.31. The Morgan fingerprint density at radius 3 is 1.39 bits per heavy atom. The largest absolute Gasteiger partial charge is 0.472 e. The second kappa shape index (κ2) is 49.5. The van der Waals surface area contributed by atoms with Crippen molar-refractivity contribution in [2.75, 3.05) is 40.9 Å². The maximum Gasteiger partial charge on any atom is 0.472 e. The van der Waals surface area contributed by atoms with Crippen LogP contribution in [0.5, 0.6) is 0 Å². The first-order valence-electron chi connectivity index (χ1n) is 29.0. The molecule has 0 aromatic heterocycles. The van der Waals surface area contributed by atoms with Gasteiger partial charge in [-0.05, 0) is 83.1 Å². The molecule has 9 nitrogen and oxygen atoms in total. The molecule has 3 atom stereocenters. The molecule has 0 radical (unpaired) electrons. The number of unbranched alkanes of at least 4 members (excludes halogenated alkanes) is 30. The molecule has 1 amide bonds. The van der Waals surface area contributed by atoms with Gasteiger partial charge in [-0.3, -0.25) is 18.6 Å². The van der Waals surface area contributed by atoms with E-state index in [0.29, 0.717) is 17.4 Å². The maximum atomic E-state index is 13.5. The number of hydrogen-bond donors (Lipinski definition) is 2. The average molecular weight is 993 g/mol. The fraction of sp³-hybridized carbons (Fsp3) is 0.831. The van der Waals surface area contributed by atoms with Crippen LogP contribution in [-0.4, -0.2) is 74.3 Å². The van der Waals surface area contributed by atoms with E-state index < -0.39 is 20.0 Å². The van der Waals surface area contributed by atoms with Crippen LogP contribution in [-0.2, 0) is 27.9 Å². The summed E-state index contributed by atoms with van der Waals surface area (Å²) in [4.78, 5) is 37.6. The molecule has 0 saturated carbocycles. The van der Waals surface area contributed by atoms with Crippen LogP contribution in [0, 0.1) is 0 Å². The molecule has 0 aliphatic heterocycles. The highest BCUT2D eigenvalue weighted by atomic mass is 31.2. The Labute approximate surface area is 427 Å². The minimum Gasteiger partial charge on any atom is -0.456 e. The lowest BCUT2D eigenvalue weighted by Crippen LogP contribution is -2.47. The summed E-state index contributed by atoms with van der Waals surface area (Å²) in [6, 6.07) is -0.852. The summed E-state index contributed by atoms with van der Waals surface area (Å²) in [6.45, 7) is 6.90. The summed E-state index contributed by atoms with van der Waals surface area (Å²) < 4.78 is 30.6. The fourth-order valence-electron chi connectivity index (χ4n) is 8.27. The lowest BCUT2D eigenvalue weighted by atomic mass is 10.0. The maximum absolute atomic E-state index is 13.5. The van der Waals surface area contributed by atoms with Crippen molar-refractivity contribution in [1.82, 2.24) is 5.32 Å². The van der Waals surface area contributed by atoms with Gasteiger partial charge in [0.15, 0.2) is 0 Å². The van der Waals surface area contributed by atoms with E-state index in [1.165, 1.54) is 135 Å². The molecule has 0 bridgehead atoms. The molecule has 0 aromatic rings. The second-order valence-electron chi connectivity index (χ2n) is 20.8. The van der Waals surface area contributed by atoms with Crippen molar-refractivity contribution >= 4 is 19.7 Å². The number of quaternary nitrogens is 1. The summed E-state index contributed by atoms with van der Waals surface area (Å²) in [7, 11) is 1.49. The number of hydrogen-bond acceptors (Lipinski definition) is 6. The Kier molecular flexibility index (Phi) is 48.1. The number of nitrogens with zero attached hydrogens (tertiary/aromatic N) is 1. The number of nitrogens with one attached hydrogen (secondary N) is 1. The number of ether oxygens (including phenoxy) is 1. The van der Waals surface area contributed by atoms with Gasteiger partial charge in [0.2, 0.25) is 5.91 Å². The van der Waals surface area contributed by atoms with Gasteiger partial charge in [0.1, 0.15) is 19.3 Å². The molecule has 2 N–H and O–H groups in total. The first kappa shape index (κ1) is 67.0. The number of rotatable bonds is 52. The zero-order valence-electron chi connectivity index (χ0n) is 46.1. The minimum absolute atomic E-state index is 0.0381. The van der Waals surface area contributed by atoms with Crippen LogP contribution in [0.15, 0.2) is 48.6 Å². The number of phosphoric acid groups is 1. The van der Waals surface area contributed by atoms with Gasteiger partial charge in [-0.25, -0.2) is 4.57 Å². The van der Waals surface area contributed by atoms with Gasteiger partial charge >= 0.3 is 13.8 Å². The minimum atomic E-state index is -4.44. The topological polar surface area (TPSA) is 111 Å². The van der Waals surface area contributed by atoms with Crippen molar-refractivity contribution < 1.29 is 37.3 Å². The smallest absolute Gasteiger partial charge is 0.456 e. The van der Waals surface area contributed by atoms with Crippen molar-refractivity contribution in [3.8, 4) is 0 Å². The number of carbonyl (C=O) groups excluding carboxylic acids is 2. The third-order valence-corrected chi connectivity index (χ3v) is 13.7. The predicted octanol–water partition coefficient (Wildman–Crippen LogP) is 17.3. The van der Waals surface area contributed by atoms with E-state index in [1.807, 2.05) is 33.3 Å². The van der Waals surface area contributed by atoms with Crippen LogP contribution in [0.2, 0.25) is 0 Å². The molecule has 0 fully saturated rings. The molecular formula is C59H112N2O7P+. The van der Waals surface area contributed by atoms with Crippen molar-refractivity contribution in [3.63, 3.8) is 0 Å². The van der Waals surface area contributed by atoms with E-state index in [1.54, 1.807) is 0 Å². The highest BCUT2D eigenvalue weighted by Crippen LogP contribution is 2.43. The van der Waals surface area contributed by atoms with Crippen LogP contribution in [0.3, 0.4) is 0 Å². The Bertz CT molecular complexity index is 1330. The molecule has 0 rings (SSSR count). The first-order valence-corrected chi connectivity index (χ1v) is 30.5. The molecule has 69 heavy (non-hydrogen) atoms. The highest BCUT2D eigenvalue weighted by Gasteiger charge is 2.30. The molecule has 0 saturated heterocycles. The van der Waals surface area contributed by atoms with Crippen LogP contribution in [0.1, 0.15) is 265 Å². The number of likely N-dealkylation sites (N-methyl/N-ethyl adjacent to an activating group) is 1. The summed E-state index contributed by atoms with van der Waals surface area (Å²) in [6.07, 6.45) is 59.6. The van der Waals surface area contributed by atoms with Crippen molar-refractivity contribution in [3.05, 3.63) is 48.6 Å². The molecule has 0 aliphatic carbocycles. The number of carbonyl (C=O) groups is 2. The molecule has 10 heteroatoms. The van der Waals surface area contributed by atoms with Crippen molar-refractivity contribution in [2.24, 2.45) is 0 Å². The molecule has 0 aliphatic rings. The quantitative estimate of drug-likeness (QED) is 0.0205. The molecule has 0 heterocycles. The highest BCUT2D eigenvalue weighted by molar-refractivity contribution is 7.47. The first-order chi connectivity index (χ1) is 33.4. The Balaban J connectivity index is 5.33. The van der Waals surface area contributed by atoms with Crippen LogP contribution < -0.4 is 5.32 Å². The number of allylic oxidation sites excluding steroid dienone is 7. The lowest BCUT2D eigenvalue weighted by Gasteiger charge is -2.27. The third kappa shape index (κ3) is 50.7. The summed E-state index contributed by atoms with van der Waals surface area (Å²) in [5, 5.41) is 3.05. The molecular weight excluding hydrogens is 880 g/mol. The standard InChI is InChI=1S/C59H111N2O7P/c1-7-10-13-16-19-22-25-28-30-31-32-33-36-39-42-45-48-51-58(62)60-56(55-67-69(64,65)66-54-53-61(4,5)6)57(50-47-44-41-38-35-27-24-21-18-15-12-9-3)68-59(63)52-49-46-43-40-37-34-29-26-23-20-17-14-11-8-2/h11,14,20,23,28,30,47,50,56-57H,7-10,12-13,15-19,21-22,24-27,29,31-46,48-49,51-55H2,1-6H3,(H-,60,62,64,65)/p+1/b14-11+,23-20+,30-28+,50-47+. The van der Waals surface area contributed by atoms with E-state index in [9.17, 15) is 19.0 Å². The van der Waals surface area contributed by atoms with Gasteiger partial charge in [-0.15, -0.1) is 0 Å². The summed E-state index contributed by atoms with van der Waals surface area (Å²) >= 11 is 0. The summed E-state index contributed by atoms with van der Waals surface area (Å²) in [5.74, 6) is -0.515. The van der Waals surface area contributed by atoms with E-state index in [4.69, 9.17) is 13.8 Å². The molecule has 404 valence electrons. The third-order valence-electron chi connectivity index (χ3n) is 12.8. The predicted molar refractivity (Wildman–Crippen MR) is 295 cm³/mol. The van der Waals surface area contributed by atoms with Gasteiger partial charge in [0, 0.05) is 12.8 Å². The molecule has 0 spiro atoms. The van der Waals surface area contributed by atoms with Crippen molar-refractivity contribution in [1.29, 1.82) is 0 Å². The van der Waals surface area contributed by atoms with Crippen LogP contribution in [0.25, 0.3) is 0 Å². The lowest BCUT2D eigenvalue weighted by molar-refractivity contribution is -0.870. The van der Waals surface area contributed by atoms with Crippen LogP contribution in [0.4, 0.5) is 0 Å². The van der Waals surface area contributed by atoms with E-state index in [0.717, 1.165) is 96.3 Å². The van der Waals surface area contributed by atoms with E-state index in [-0.39, 0.29) is 31.5 Å². The zero-order chi connectivity index (χ0) is 50.8. The SMILES string of the molecule is CC/C=C/C/C=C/CCCCCCCCCC(=O)OC(/C=C/CCCCCCCCCCCC)C(COP(=O)(O)OCC[N+](C)(C)C)NC(=O)CCCCCCCCC/C=C/CCCCCCCC. The Hall–Kier alpha value is -2.03. The van der Waals surface area contributed by atoms with Gasteiger partial charge in [0.05, 0.1) is 33.8 Å². The van der Waals surface area contributed by atoms with Crippen molar-refractivity contribution in [2.45, 2.75) is 277 Å². The monoisotopic (exact) mass is 992 g/mol. The Morgan fingerprint density at radius 2 is 0.928 bits per heavy atom. The molecule has 3 unspecified atom stereocenters. The van der Waals surface area contributed by atoms with Gasteiger partial charge in [-0.2, -0.15) is 0 Å². The number of amides is 1. The van der Waals surface area contributed by atoms with E-state index in [2.05, 4.69) is 62.5 Å².